The van der Waals surface area contributed by atoms with Crippen LogP contribution in [0.15, 0.2) is 0 Å². The minimum atomic E-state index is -1.83. The van der Waals surface area contributed by atoms with Crippen molar-refractivity contribution in [3.05, 3.63) is 0 Å². The predicted molar refractivity (Wildman–Crippen MR) is 28.8 cm³/mol. The van der Waals surface area contributed by atoms with Gasteiger partial charge in [0.1, 0.15) is 0 Å². The molecule has 0 aliphatic rings. The molecule has 0 aromatic rings. The van der Waals surface area contributed by atoms with Gasteiger partial charge in [0, 0.05) is 0 Å². The van der Waals surface area contributed by atoms with Gasteiger partial charge in [-0.1, -0.05) is 0 Å². The first-order chi connectivity index (χ1) is 1.73. The minimum absolute atomic E-state index is 0. The fraction of sp³-hybridized carbons (Fsp3) is 0. The number of hydrogen-bond donors (Lipinski definition) is 2. The zero-order valence-electron chi connectivity index (χ0n) is 2.21. The molecule has 3 nitrogen and oxygen atoms in total. The summed E-state index contributed by atoms with van der Waals surface area (Å²) in [4.78, 5) is 8.56. The molecule has 0 radical (unpaired) electrons. The number of rotatable bonds is 0. The second-order valence-electron chi connectivity index (χ2n) is 0.283. The molecule has 0 unspecified atom stereocenters. The van der Waals surface area contributed by atoms with Gasteiger partial charge in [-0.3, -0.25) is 4.70 Å². The molecule has 0 rings (SSSR count). The SMILES string of the molecule is F.O=C(O)O.[CaH2].[KH]. The molecule has 0 heterocycles. The summed E-state index contributed by atoms with van der Waals surface area (Å²) in [6, 6.07) is 0. The third-order valence-corrected chi connectivity index (χ3v) is 0. The van der Waals surface area contributed by atoms with Crippen molar-refractivity contribution < 1.29 is 19.7 Å². The Labute approximate surface area is 112 Å². The first kappa shape index (κ1) is 23.0. The van der Waals surface area contributed by atoms with E-state index in [0.717, 1.165) is 0 Å². The van der Waals surface area contributed by atoms with Crippen LogP contribution in [0.3, 0.4) is 0 Å². The van der Waals surface area contributed by atoms with Gasteiger partial charge in [0.15, 0.2) is 0 Å². The summed E-state index contributed by atoms with van der Waals surface area (Å²) in [7, 11) is 0. The molecule has 0 aliphatic carbocycles. The van der Waals surface area contributed by atoms with Crippen molar-refractivity contribution in [2.24, 2.45) is 0 Å². The average Bonchev–Trinajstić information content (AvgIpc) is 0.811. The number of carbonyl (C=O) groups is 1. The van der Waals surface area contributed by atoms with E-state index in [2.05, 4.69) is 0 Å². The van der Waals surface area contributed by atoms with Crippen LogP contribution in [0.2, 0.25) is 0 Å². The standard InChI is InChI=1S/CH2O3.Ca.FH.K.3H/c2-1(3)4;;;;;;/h(H2,2,3,4);;1H;;;;. The molecule has 0 amide bonds. The van der Waals surface area contributed by atoms with Crippen LogP contribution < -0.4 is 0 Å². The van der Waals surface area contributed by atoms with Crippen LogP contribution >= 0.6 is 0 Å². The number of hydrogen-bond acceptors (Lipinski definition) is 1. The Balaban J connectivity index is -0.0000000150. The average molecular weight is 164 g/mol. The van der Waals surface area contributed by atoms with Gasteiger partial charge in [-0.05, 0) is 0 Å². The van der Waals surface area contributed by atoms with E-state index in [1.807, 2.05) is 0 Å². The van der Waals surface area contributed by atoms with Gasteiger partial charge >= 0.3 is 95.3 Å². The third kappa shape index (κ3) is 68.5. The Bertz CT molecular complexity index is 37.9. The van der Waals surface area contributed by atoms with Crippen molar-refractivity contribution in [3.63, 3.8) is 0 Å². The summed E-state index contributed by atoms with van der Waals surface area (Å²) >= 11 is 0. The summed E-state index contributed by atoms with van der Waals surface area (Å²) in [5, 5.41) is 13.9. The van der Waals surface area contributed by atoms with Crippen molar-refractivity contribution in [2.75, 3.05) is 0 Å². The maximum absolute atomic E-state index is 8.56. The molecule has 0 saturated carbocycles. The number of carboxylic acid groups (broad SMARTS) is 2. The van der Waals surface area contributed by atoms with E-state index in [-0.39, 0.29) is 93.8 Å². The quantitative estimate of drug-likeness (QED) is 0.443. The van der Waals surface area contributed by atoms with Crippen molar-refractivity contribution in [1.82, 2.24) is 0 Å². The molecule has 0 fully saturated rings. The Morgan fingerprint density at radius 2 is 1.29 bits per heavy atom. The summed E-state index contributed by atoms with van der Waals surface area (Å²) in [5.41, 5.74) is 0. The van der Waals surface area contributed by atoms with Crippen LogP contribution in [0.1, 0.15) is 0 Å². The van der Waals surface area contributed by atoms with Crippen molar-refractivity contribution >= 4 is 95.3 Å². The molecule has 6 heteroatoms. The third-order valence-electron chi connectivity index (χ3n) is 0. The van der Waals surface area contributed by atoms with Crippen molar-refractivity contribution in [2.45, 2.75) is 0 Å². The summed E-state index contributed by atoms with van der Waals surface area (Å²) in [6.07, 6.45) is -1.83. The fourth-order valence-corrected chi connectivity index (χ4v) is 0. The van der Waals surface area contributed by atoms with E-state index >= 15 is 0 Å². The summed E-state index contributed by atoms with van der Waals surface area (Å²) in [5.74, 6) is 0. The Morgan fingerprint density at radius 3 is 1.29 bits per heavy atom. The predicted octanol–water partition coefficient (Wildman–Crippen LogP) is -1.19. The first-order valence-corrected chi connectivity index (χ1v) is 0.651. The molecule has 0 aromatic carbocycles. The Morgan fingerprint density at radius 1 is 1.29 bits per heavy atom. The van der Waals surface area contributed by atoms with E-state index in [4.69, 9.17) is 15.0 Å². The van der Waals surface area contributed by atoms with E-state index < -0.39 is 6.16 Å². The van der Waals surface area contributed by atoms with E-state index in [0.29, 0.717) is 0 Å². The van der Waals surface area contributed by atoms with Gasteiger partial charge < -0.3 is 10.2 Å². The van der Waals surface area contributed by atoms with Gasteiger partial charge in [0.05, 0.1) is 0 Å². The zero-order chi connectivity index (χ0) is 3.58. The van der Waals surface area contributed by atoms with E-state index in [1.54, 1.807) is 0 Å². The maximum atomic E-state index is 8.56. The van der Waals surface area contributed by atoms with Gasteiger partial charge in [0.25, 0.3) is 0 Å². The first-order valence-electron chi connectivity index (χ1n) is 0.651. The number of halogens is 1. The van der Waals surface area contributed by atoms with Crippen LogP contribution in [0.4, 0.5) is 9.50 Å². The van der Waals surface area contributed by atoms with Gasteiger partial charge in [-0.2, -0.15) is 0 Å². The molecule has 2 N–H and O–H groups in total. The van der Waals surface area contributed by atoms with Gasteiger partial charge in [-0.25, -0.2) is 4.79 Å². The molecule has 0 saturated heterocycles. The van der Waals surface area contributed by atoms with E-state index in [1.165, 1.54) is 0 Å². The van der Waals surface area contributed by atoms with Crippen LogP contribution in [0.5, 0.6) is 0 Å². The molecule has 0 aromatic heterocycles. The van der Waals surface area contributed by atoms with Crippen LogP contribution in [0, 0.1) is 0 Å². The molecule has 0 bridgehead atoms. The van der Waals surface area contributed by atoms with Crippen LogP contribution in [-0.2, 0) is 0 Å². The molecular formula is CH6CaFKO3. The molecule has 0 spiro atoms. The summed E-state index contributed by atoms with van der Waals surface area (Å²) in [6.45, 7) is 0. The van der Waals surface area contributed by atoms with Crippen LogP contribution in [-0.4, -0.2) is 105 Å². The molecule has 38 valence electrons. The molecule has 7 heavy (non-hydrogen) atoms. The second kappa shape index (κ2) is 15.7. The Kier molecular flexibility index (Phi) is 51.5. The Hall–Kier alpha value is 2.10. The van der Waals surface area contributed by atoms with Crippen molar-refractivity contribution in [1.29, 1.82) is 0 Å². The summed E-state index contributed by atoms with van der Waals surface area (Å²) < 4.78 is 0. The van der Waals surface area contributed by atoms with Gasteiger partial charge in [-0.15, -0.1) is 0 Å². The topological polar surface area (TPSA) is 57.5 Å². The molecular weight excluding hydrogens is 158 g/mol. The van der Waals surface area contributed by atoms with Crippen LogP contribution in [0.25, 0.3) is 0 Å². The molecule has 0 atom stereocenters. The monoisotopic (exact) mass is 164 g/mol. The molecule has 0 aliphatic heterocycles. The second-order valence-corrected chi connectivity index (χ2v) is 0.283. The zero-order valence-corrected chi connectivity index (χ0v) is 2.21. The van der Waals surface area contributed by atoms with Gasteiger partial charge in [0.2, 0.25) is 0 Å². The van der Waals surface area contributed by atoms with E-state index in [9.17, 15) is 0 Å². The van der Waals surface area contributed by atoms with Crippen molar-refractivity contribution in [3.8, 4) is 0 Å². The fourth-order valence-electron chi connectivity index (χ4n) is 0. The normalized spacial score (nSPS) is 3.43.